The lowest BCUT2D eigenvalue weighted by Gasteiger charge is -2.22. The Bertz CT molecular complexity index is 1000. The van der Waals surface area contributed by atoms with E-state index >= 15 is 0 Å². The van der Waals surface area contributed by atoms with Crippen molar-refractivity contribution in [1.82, 2.24) is 10.8 Å². The lowest BCUT2D eigenvalue weighted by molar-refractivity contribution is -0.499. The molecule has 0 unspecified atom stereocenters. The summed E-state index contributed by atoms with van der Waals surface area (Å²) < 4.78 is 5.34. The number of allylic oxidation sites excluding steroid dienone is 2. The molecule has 1 aliphatic rings. The molecule has 1 aliphatic carbocycles. The molecule has 1 fully saturated rings. The summed E-state index contributed by atoms with van der Waals surface area (Å²) in [5.74, 6) is -0.358. The monoisotopic (exact) mass is 626 g/mol. The molecule has 13 heteroatoms. The number of ketones is 1. The van der Waals surface area contributed by atoms with E-state index < -0.39 is 23.0 Å². The van der Waals surface area contributed by atoms with Crippen molar-refractivity contribution in [3.05, 3.63) is 47.0 Å². The van der Waals surface area contributed by atoms with Gasteiger partial charge in [0.2, 0.25) is 0 Å². The molecule has 2 rings (SSSR count). The second-order valence-electron chi connectivity index (χ2n) is 11.4. The van der Waals surface area contributed by atoms with Crippen LogP contribution in [0, 0.1) is 11.8 Å². The molecule has 0 aromatic heterocycles. The quantitative estimate of drug-likeness (QED) is 0.0415. The highest BCUT2D eigenvalue weighted by Gasteiger charge is 2.40. The first kappa shape index (κ1) is 37.9. The van der Waals surface area contributed by atoms with Gasteiger partial charge >= 0.3 is 5.97 Å². The Morgan fingerprint density at radius 2 is 1.50 bits per heavy atom. The van der Waals surface area contributed by atoms with Gasteiger partial charge in [0.15, 0.2) is 0 Å². The van der Waals surface area contributed by atoms with Crippen molar-refractivity contribution in [3.8, 4) is 0 Å². The molecule has 44 heavy (non-hydrogen) atoms. The van der Waals surface area contributed by atoms with E-state index in [2.05, 4.69) is 16.6 Å². The number of carbonyl (C=O) groups is 2. The summed E-state index contributed by atoms with van der Waals surface area (Å²) in [5.41, 5.74) is 1.51. The number of carbonyl (C=O) groups excluding carboxylic acids is 2. The Hall–Kier alpha value is -2.30. The Morgan fingerprint density at radius 1 is 0.818 bits per heavy atom. The lowest BCUT2D eigenvalue weighted by atomic mass is 9.86. The van der Waals surface area contributed by atoms with E-state index in [4.69, 9.17) is 25.6 Å². The predicted octanol–water partition coefficient (Wildman–Crippen LogP) is 4.94. The largest absolute Gasteiger partial charge is 0.461 e. The first-order valence-corrected chi connectivity index (χ1v) is 15.5. The zero-order valence-electron chi connectivity index (χ0n) is 25.6. The van der Waals surface area contributed by atoms with Crippen LogP contribution in [0.1, 0.15) is 107 Å². The maximum Gasteiger partial charge on any atom is 0.306 e. The average Bonchev–Trinajstić information content (AvgIpc) is 3.25. The molecule has 250 valence electrons. The first-order valence-electron chi connectivity index (χ1n) is 15.5. The highest BCUT2D eigenvalue weighted by molar-refractivity contribution is 5.78. The molecule has 0 spiro atoms. The number of Topliss-reactive ketones (excluding diaryl/α,β-unsaturated/α-hetero) is 1. The van der Waals surface area contributed by atoms with Crippen LogP contribution in [0.2, 0.25) is 0 Å². The second kappa shape index (κ2) is 21.4. The second-order valence-corrected chi connectivity index (χ2v) is 11.4. The van der Waals surface area contributed by atoms with Crippen LogP contribution in [0.25, 0.3) is 0 Å². The predicted molar refractivity (Wildman–Crippen MR) is 155 cm³/mol. The van der Waals surface area contributed by atoms with Gasteiger partial charge in [-0.2, -0.15) is 0 Å². The van der Waals surface area contributed by atoms with Gasteiger partial charge in [0, 0.05) is 19.3 Å². The molecule has 0 amide bonds. The number of rotatable bonds is 23. The molecular weight excluding hydrogens is 576 g/mol. The van der Waals surface area contributed by atoms with Gasteiger partial charge in [-0.1, -0.05) is 56.9 Å². The molecule has 0 radical (unpaired) electrons. The van der Waals surface area contributed by atoms with Gasteiger partial charge in [-0.25, -0.2) is 9.68 Å². The summed E-state index contributed by atoms with van der Waals surface area (Å²) in [5, 5.41) is 55.2. The van der Waals surface area contributed by atoms with Gasteiger partial charge in [-0.15, -0.1) is 0 Å². The van der Waals surface area contributed by atoms with Crippen molar-refractivity contribution < 1.29 is 55.0 Å². The normalized spacial score (nSPS) is 20.3. The maximum atomic E-state index is 12.3. The molecule has 6 N–H and O–H groups in total. The molecule has 1 aromatic rings. The summed E-state index contributed by atoms with van der Waals surface area (Å²) in [6.45, 7) is 1.62. The van der Waals surface area contributed by atoms with Gasteiger partial charge in [0.05, 0.1) is 36.2 Å². The average molecular weight is 627 g/mol. The van der Waals surface area contributed by atoms with Crippen LogP contribution in [0.15, 0.2) is 30.4 Å². The lowest BCUT2D eigenvalue weighted by Crippen LogP contribution is -2.22. The topological polar surface area (TPSA) is 190 Å². The van der Waals surface area contributed by atoms with Gasteiger partial charge in [-0.05, 0) is 73.1 Å². The Labute approximate surface area is 259 Å². The van der Waals surface area contributed by atoms with E-state index in [1.54, 1.807) is 18.2 Å². The van der Waals surface area contributed by atoms with E-state index in [1.807, 2.05) is 12.2 Å². The van der Waals surface area contributed by atoms with E-state index in [0.29, 0.717) is 61.6 Å². The zero-order valence-corrected chi connectivity index (χ0v) is 25.6. The summed E-state index contributed by atoms with van der Waals surface area (Å²) in [6.07, 6.45) is 12.2. The van der Waals surface area contributed by atoms with Crippen molar-refractivity contribution in [2.45, 2.75) is 122 Å². The van der Waals surface area contributed by atoms with Crippen molar-refractivity contribution in [3.63, 3.8) is 0 Å². The highest BCUT2D eigenvalue weighted by Crippen LogP contribution is 2.38. The molecule has 0 heterocycles. The third kappa shape index (κ3) is 15.1. The van der Waals surface area contributed by atoms with E-state index in [0.717, 1.165) is 19.3 Å². The van der Waals surface area contributed by atoms with E-state index in [1.165, 1.54) is 12.8 Å². The molecule has 0 saturated heterocycles. The molecule has 4 atom stereocenters. The van der Waals surface area contributed by atoms with Crippen molar-refractivity contribution in [2.75, 3.05) is 0 Å². The van der Waals surface area contributed by atoms with Gasteiger partial charge in [0.25, 0.3) is 0 Å². The first-order chi connectivity index (χ1) is 21.1. The van der Waals surface area contributed by atoms with Crippen molar-refractivity contribution in [1.29, 1.82) is 0 Å². The number of esters is 1. The van der Waals surface area contributed by atoms with Gasteiger partial charge in [0.1, 0.15) is 12.4 Å². The Kier molecular flexibility index (Phi) is 18.5. The molecular formula is C31H50N2O11. The minimum Gasteiger partial charge on any atom is -0.461 e. The third-order valence-corrected chi connectivity index (χ3v) is 8.01. The summed E-state index contributed by atoms with van der Waals surface area (Å²) in [7, 11) is 0. The summed E-state index contributed by atoms with van der Waals surface area (Å²) in [6, 6.07) is 4.84. The molecule has 0 bridgehead atoms. The van der Waals surface area contributed by atoms with Crippen LogP contribution in [0.5, 0.6) is 0 Å². The summed E-state index contributed by atoms with van der Waals surface area (Å²) >= 11 is 0. The van der Waals surface area contributed by atoms with Gasteiger partial charge < -0.3 is 14.9 Å². The standard InChI is InChI=1S/C31H50N2O11/c1-2-3-4-5-8-11-26(34)16-17-28-27(29(35)19-30(28)36)12-9-6-7-10-13-31(37)42-20-23-14-15-24(21-43-32(38)39)25(18-23)22-44-33(40)41/h6,9,14-15,18,27-30,35-36,38-41H,2-5,7-8,10-13,16-17,19-22H2,1H3/b9-6-/t27-,28-,29+,30-/m1/s1. The number of ether oxygens (including phenoxy) is 1. The minimum absolute atomic E-state index is 0.0262. The Balaban J connectivity index is 1.71. The fourth-order valence-electron chi connectivity index (χ4n) is 5.55. The van der Waals surface area contributed by atoms with Crippen molar-refractivity contribution in [2.24, 2.45) is 11.8 Å². The molecule has 1 aromatic carbocycles. The fraction of sp³-hybridized carbons (Fsp3) is 0.677. The van der Waals surface area contributed by atoms with Crippen LogP contribution in [0.4, 0.5) is 0 Å². The van der Waals surface area contributed by atoms with Gasteiger partial charge in [-0.3, -0.25) is 30.4 Å². The zero-order chi connectivity index (χ0) is 32.3. The highest BCUT2D eigenvalue weighted by atomic mass is 17.1. The SMILES string of the molecule is CCCCCCCC(=O)CC[C@@H]1[C@@H](C/C=C\CCCC(=O)OCc2ccc(CON(O)O)c(CON(O)O)c2)[C@@H](O)C[C@H]1O. The number of hydrogen-bond acceptors (Lipinski definition) is 13. The number of aliphatic hydroxyl groups is 2. The third-order valence-electron chi connectivity index (χ3n) is 8.01. The van der Waals surface area contributed by atoms with E-state index in [-0.39, 0.29) is 49.8 Å². The fourth-order valence-corrected chi connectivity index (χ4v) is 5.55. The van der Waals surface area contributed by atoms with Crippen LogP contribution < -0.4 is 0 Å². The van der Waals surface area contributed by atoms with Crippen LogP contribution in [-0.2, 0) is 43.8 Å². The number of aliphatic hydroxyl groups excluding tert-OH is 2. The number of unbranched alkanes of at least 4 members (excludes halogenated alkanes) is 5. The van der Waals surface area contributed by atoms with Crippen LogP contribution in [-0.4, -0.2) is 65.8 Å². The molecule has 13 nitrogen and oxygen atoms in total. The number of benzene rings is 1. The maximum absolute atomic E-state index is 12.3. The number of nitrogens with zero attached hydrogens (tertiary/aromatic N) is 2. The van der Waals surface area contributed by atoms with Crippen LogP contribution in [0.3, 0.4) is 0 Å². The number of hydrogen-bond donors (Lipinski definition) is 6. The summed E-state index contributed by atoms with van der Waals surface area (Å²) in [4.78, 5) is 33.8. The Morgan fingerprint density at radius 3 is 2.20 bits per heavy atom. The van der Waals surface area contributed by atoms with E-state index in [9.17, 15) is 19.8 Å². The molecule has 1 saturated carbocycles. The van der Waals surface area contributed by atoms with Crippen LogP contribution >= 0.6 is 0 Å². The minimum atomic E-state index is -0.603. The molecule has 0 aliphatic heterocycles. The van der Waals surface area contributed by atoms with Crippen molar-refractivity contribution >= 4 is 11.8 Å². The smallest absolute Gasteiger partial charge is 0.306 e.